The minimum atomic E-state index is 0.372. The highest BCUT2D eigenvalue weighted by Crippen LogP contribution is 2.19. The fourth-order valence-corrected chi connectivity index (χ4v) is 1.80. The van der Waals surface area contributed by atoms with Gasteiger partial charge < -0.3 is 10.1 Å². The molecule has 1 aromatic carbocycles. The van der Waals surface area contributed by atoms with Crippen LogP contribution < -0.4 is 10.1 Å². The average molecular weight is 263 g/mol. The molecule has 19 heavy (non-hydrogen) atoms. The van der Waals surface area contributed by atoms with E-state index in [0.29, 0.717) is 23.9 Å². The Hall–Kier alpha value is -1.02. The number of ether oxygens (including phenoxy) is 1. The van der Waals surface area contributed by atoms with Crippen LogP contribution in [0.25, 0.3) is 0 Å². The zero-order chi connectivity index (χ0) is 14.4. The lowest BCUT2D eigenvalue weighted by Crippen LogP contribution is -2.32. The van der Waals surface area contributed by atoms with Crippen molar-refractivity contribution >= 4 is 0 Å². The van der Waals surface area contributed by atoms with Crippen molar-refractivity contribution in [3.8, 4) is 5.75 Å². The van der Waals surface area contributed by atoms with Gasteiger partial charge in [-0.3, -0.25) is 0 Å². The van der Waals surface area contributed by atoms with E-state index in [0.717, 1.165) is 12.4 Å². The second-order valence-corrected chi connectivity index (χ2v) is 6.19. The summed E-state index contributed by atoms with van der Waals surface area (Å²) in [4.78, 5) is 0. The third kappa shape index (κ3) is 5.65. The van der Waals surface area contributed by atoms with Crippen LogP contribution in [0.15, 0.2) is 24.3 Å². The Morgan fingerprint density at radius 1 is 0.947 bits per heavy atom. The van der Waals surface area contributed by atoms with E-state index in [4.69, 9.17) is 4.74 Å². The molecule has 0 amide bonds. The van der Waals surface area contributed by atoms with Crippen molar-refractivity contribution in [1.29, 1.82) is 0 Å². The van der Waals surface area contributed by atoms with Gasteiger partial charge >= 0.3 is 0 Å². The Balaban J connectivity index is 2.55. The van der Waals surface area contributed by atoms with Gasteiger partial charge in [0, 0.05) is 12.1 Å². The molecule has 2 nitrogen and oxygen atoms in total. The highest BCUT2D eigenvalue weighted by atomic mass is 16.5. The Morgan fingerprint density at radius 2 is 1.53 bits per heavy atom. The van der Waals surface area contributed by atoms with Crippen LogP contribution >= 0.6 is 0 Å². The summed E-state index contributed by atoms with van der Waals surface area (Å²) in [7, 11) is 0. The summed E-state index contributed by atoms with van der Waals surface area (Å²) in [5.41, 5.74) is 1.31. The van der Waals surface area contributed by atoms with Gasteiger partial charge in [-0.25, -0.2) is 0 Å². The summed E-state index contributed by atoms with van der Waals surface area (Å²) in [5, 5.41) is 3.62. The van der Waals surface area contributed by atoms with Gasteiger partial charge in [-0.1, -0.05) is 39.8 Å². The number of benzene rings is 1. The van der Waals surface area contributed by atoms with Crippen LogP contribution in [-0.2, 0) is 0 Å². The largest absolute Gasteiger partial charge is 0.493 e. The molecule has 2 heteroatoms. The molecule has 1 N–H and O–H groups in total. The zero-order valence-electron chi connectivity index (χ0n) is 13.2. The van der Waals surface area contributed by atoms with E-state index in [-0.39, 0.29) is 0 Å². The molecule has 108 valence electrons. The van der Waals surface area contributed by atoms with E-state index < -0.39 is 0 Å². The van der Waals surface area contributed by atoms with Crippen molar-refractivity contribution in [3.05, 3.63) is 29.8 Å². The maximum atomic E-state index is 5.70. The first kappa shape index (κ1) is 16.0. The Labute approximate surface area is 118 Å². The smallest absolute Gasteiger partial charge is 0.119 e. The molecule has 1 aromatic rings. The SMILES string of the molecule is CC(C)COc1ccc(C(C)NC(C)C(C)C)cc1. The monoisotopic (exact) mass is 263 g/mol. The minimum absolute atomic E-state index is 0.372. The summed E-state index contributed by atoms with van der Waals surface area (Å²) >= 11 is 0. The normalized spacial score (nSPS) is 14.7. The van der Waals surface area contributed by atoms with E-state index >= 15 is 0 Å². The molecule has 0 saturated carbocycles. The van der Waals surface area contributed by atoms with Crippen LogP contribution in [0.3, 0.4) is 0 Å². The van der Waals surface area contributed by atoms with E-state index in [1.807, 2.05) is 0 Å². The highest BCUT2D eigenvalue weighted by molar-refractivity contribution is 5.29. The van der Waals surface area contributed by atoms with Gasteiger partial charge in [0.25, 0.3) is 0 Å². The molecule has 1 rings (SSSR count). The van der Waals surface area contributed by atoms with Crippen LogP contribution in [0.4, 0.5) is 0 Å². The standard InChI is InChI=1S/C17H29NO/c1-12(2)11-19-17-9-7-16(8-10-17)15(6)18-14(5)13(3)4/h7-10,12-15,18H,11H2,1-6H3. The Kier molecular flexibility index (Phi) is 6.36. The van der Waals surface area contributed by atoms with Crippen molar-refractivity contribution in [3.63, 3.8) is 0 Å². The van der Waals surface area contributed by atoms with Crippen LogP contribution in [-0.4, -0.2) is 12.6 Å². The Morgan fingerprint density at radius 3 is 2.00 bits per heavy atom. The zero-order valence-corrected chi connectivity index (χ0v) is 13.2. The van der Waals surface area contributed by atoms with Crippen LogP contribution in [0.1, 0.15) is 53.1 Å². The third-order valence-electron chi connectivity index (χ3n) is 3.48. The van der Waals surface area contributed by atoms with E-state index in [1.165, 1.54) is 5.56 Å². The van der Waals surface area contributed by atoms with Gasteiger partial charge in [0.15, 0.2) is 0 Å². The molecule has 0 radical (unpaired) electrons. The van der Waals surface area contributed by atoms with Gasteiger partial charge in [0.05, 0.1) is 6.61 Å². The molecule has 0 aliphatic rings. The van der Waals surface area contributed by atoms with Crippen molar-refractivity contribution in [1.82, 2.24) is 5.32 Å². The fraction of sp³-hybridized carbons (Fsp3) is 0.647. The lowest BCUT2D eigenvalue weighted by molar-refractivity contribution is 0.271. The van der Waals surface area contributed by atoms with E-state index in [2.05, 4.69) is 71.1 Å². The minimum Gasteiger partial charge on any atom is -0.493 e. The van der Waals surface area contributed by atoms with Crippen molar-refractivity contribution < 1.29 is 4.74 Å². The summed E-state index contributed by atoms with van der Waals surface area (Å²) in [5.74, 6) is 2.17. The maximum absolute atomic E-state index is 5.70. The first-order chi connectivity index (χ1) is 8.90. The molecule has 2 unspecified atom stereocenters. The molecule has 0 aromatic heterocycles. The number of nitrogens with one attached hydrogen (secondary N) is 1. The van der Waals surface area contributed by atoms with Gasteiger partial charge in [0.1, 0.15) is 5.75 Å². The molecule has 0 heterocycles. The third-order valence-corrected chi connectivity index (χ3v) is 3.48. The molecule has 0 bridgehead atoms. The van der Waals surface area contributed by atoms with Gasteiger partial charge in [0.2, 0.25) is 0 Å². The lowest BCUT2D eigenvalue weighted by Gasteiger charge is -2.23. The molecule has 0 spiro atoms. The van der Waals surface area contributed by atoms with Crippen LogP contribution in [0, 0.1) is 11.8 Å². The molecule has 0 aliphatic carbocycles. The predicted octanol–water partition coefficient (Wildman–Crippen LogP) is 4.42. The summed E-state index contributed by atoms with van der Waals surface area (Å²) in [6.45, 7) is 14.0. The van der Waals surface area contributed by atoms with Crippen LogP contribution in [0.5, 0.6) is 5.75 Å². The molecule has 0 aliphatic heterocycles. The first-order valence-electron chi connectivity index (χ1n) is 7.39. The topological polar surface area (TPSA) is 21.3 Å². The Bertz CT molecular complexity index is 356. The molecule has 2 atom stereocenters. The van der Waals surface area contributed by atoms with Crippen molar-refractivity contribution in [2.75, 3.05) is 6.61 Å². The quantitative estimate of drug-likeness (QED) is 0.786. The summed E-state index contributed by atoms with van der Waals surface area (Å²) in [6.07, 6.45) is 0. The molecular formula is C17H29NO. The number of rotatable bonds is 7. The molecule has 0 saturated heterocycles. The number of hydrogen-bond acceptors (Lipinski definition) is 2. The van der Waals surface area contributed by atoms with Crippen LogP contribution in [0.2, 0.25) is 0 Å². The van der Waals surface area contributed by atoms with Crippen molar-refractivity contribution in [2.45, 2.75) is 53.6 Å². The second-order valence-electron chi connectivity index (χ2n) is 6.19. The summed E-state index contributed by atoms with van der Waals surface area (Å²) in [6, 6.07) is 9.33. The summed E-state index contributed by atoms with van der Waals surface area (Å²) < 4.78 is 5.70. The second kappa shape index (κ2) is 7.54. The lowest BCUT2D eigenvalue weighted by atomic mass is 10.0. The molecular weight excluding hydrogens is 234 g/mol. The van der Waals surface area contributed by atoms with Gasteiger partial charge in [-0.05, 0) is 43.4 Å². The van der Waals surface area contributed by atoms with Crippen molar-refractivity contribution in [2.24, 2.45) is 11.8 Å². The number of hydrogen-bond donors (Lipinski definition) is 1. The van der Waals surface area contributed by atoms with E-state index in [9.17, 15) is 0 Å². The van der Waals surface area contributed by atoms with E-state index in [1.54, 1.807) is 0 Å². The maximum Gasteiger partial charge on any atom is 0.119 e. The molecule has 0 fully saturated rings. The van der Waals surface area contributed by atoms with Gasteiger partial charge in [-0.15, -0.1) is 0 Å². The fourth-order valence-electron chi connectivity index (χ4n) is 1.80. The van der Waals surface area contributed by atoms with Gasteiger partial charge in [-0.2, -0.15) is 0 Å². The first-order valence-corrected chi connectivity index (χ1v) is 7.39. The highest BCUT2D eigenvalue weighted by Gasteiger charge is 2.12. The predicted molar refractivity (Wildman–Crippen MR) is 82.6 cm³/mol. The average Bonchev–Trinajstić information content (AvgIpc) is 2.36.